The number of hydrogen-bond donors (Lipinski definition) is 0. The molecule has 0 radical (unpaired) electrons. The molecular formula is C21H25NO2S. The van der Waals surface area contributed by atoms with Gasteiger partial charge in [-0.15, -0.1) is 0 Å². The first-order valence-corrected chi connectivity index (χ1v) is 10.5. The zero-order valence-corrected chi connectivity index (χ0v) is 15.6. The maximum Gasteiger partial charge on any atom is 0.242 e. The van der Waals surface area contributed by atoms with E-state index in [0.29, 0.717) is 5.92 Å². The third-order valence-electron chi connectivity index (χ3n) is 7.66. The number of benzene rings is 1. The molecule has 25 heavy (non-hydrogen) atoms. The molecule has 3 nitrogen and oxygen atoms in total. The monoisotopic (exact) mass is 355 g/mol. The van der Waals surface area contributed by atoms with E-state index in [-0.39, 0.29) is 21.3 Å². The van der Waals surface area contributed by atoms with Crippen LogP contribution in [0.25, 0.3) is 0 Å². The number of carbonyl (C=O) groups is 2. The van der Waals surface area contributed by atoms with Gasteiger partial charge in [0.15, 0.2) is 0 Å². The maximum absolute atomic E-state index is 13.7. The highest BCUT2D eigenvalue weighted by molar-refractivity contribution is 8.15. The minimum Gasteiger partial charge on any atom is -0.326 e. The second-order valence-corrected chi connectivity index (χ2v) is 9.54. The highest BCUT2D eigenvalue weighted by atomic mass is 32.2. The molecule has 1 aromatic rings. The van der Waals surface area contributed by atoms with E-state index in [9.17, 15) is 9.59 Å². The SMILES string of the molecule is CCC12CCC[C@@H]3C[C@]4(c5ccccc5)C(=O)S[C@@]31N(CCC2)C4=O. The Hall–Kier alpha value is -1.29. The molecule has 1 amide bonds. The molecule has 1 unspecified atom stereocenters. The van der Waals surface area contributed by atoms with Crippen LogP contribution in [0.1, 0.15) is 57.4 Å². The zero-order chi connectivity index (χ0) is 17.3. The predicted molar refractivity (Wildman–Crippen MR) is 99.1 cm³/mol. The highest BCUT2D eigenvalue weighted by Crippen LogP contribution is 2.71. The fraction of sp³-hybridized carbons (Fsp3) is 0.619. The van der Waals surface area contributed by atoms with Crippen molar-refractivity contribution in [2.24, 2.45) is 11.3 Å². The molecule has 0 N–H and O–H groups in total. The smallest absolute Gasteiger partial charge is 0.242 e. The van der Waals surface area contributed by atoms with Gasteiger partial charge in [0.2, 0.25) is 11.0 Å². The first-order valence-electron chi connectivity index (χ1n) is 9.72. The summed E-state index contributed by atoms with van der Waals surface area (Å²) in [6.07, 6.45) is 7.60. The molecule has 0 aromatic heterocycles. The summed E-state index contributed by atoms with van der Waals surface area (Å²) >= 11 is 1.55. The molecule has 1 saturated carbocycles. The quantitative estimate of drug-likeness (QED) is 0.749. The standard InChI is InChI=1S/C21H25NO2S/c1-2-19-11-6-10-16-14-20(15-8-4-3-5-9-15)17(23)22(13-7-12-19)21(16,19)25-18(20)24/h3-5,8-9,16H,2,6-7,10-14H2,1H3/t16-,19?,20-,21+/m1/s1. The molecule has 4 heteroatoms. The van der Waals surface area contributed by atoms with Crippen LogP contribution in [0, 0.1) is 11.3 Å². The second-order valence-electron chi connectivity index (χ2n) is 8.34. The summed E-state index contributed by atoms with van der Waals surface area (Å²) in [7, 11) is 0. The Morgan fingerprint density at radius 3 is 2.68 bits per heavy atom. The van der Waals surface area contributed by atoms with Crippen molar-refractivity contribution >= 4 is 22.8 Å². The van der Waals surface area contributed by atoms with Crippen LogP contribution in [0.3, 0.4) is 0 Å². The van der Waals surface area contributed by atoms with Crippen molar-refractivity contribution < 1.29 is 9.59 Å². The Morgan fingerprint density at radius 1 is 1.16 bits per heavy atom. The lowest BCUT2D eigenvalue weighted by atomic mass is 9.53. The average Bonchev–Trinajstić information content (AvgIpc) is 2.65. The number of carbonyl (C=O) groups excluding carboxylic acids is 2. The van der Waals surface area contributed by atoms with E-state index in [1.807, 2.05) is 30.3 Å². The lowest BCUT2D eigenvalue weighted by Crippen LogP contribution is -2.79. The average molecular weight is 356 g/mol. The van der Waals surface area contributed by atoms with Gasteiger partial charge < -0.3 is 4.90 Å². The molecule has 2 bridgehead atoms. The van der Waals surface area contributed by atoms with E-state index in [0.717, 1.165) is 37.8 Å². The summed E-state index contributed by atoms with van der Waals surface area (Å²) in [5, 5.41) is 0.109. The summed E-state index contributed by atoms with van der Waals surface area (Å²) < 4.78 is 0. The number of piperidine rings is 2. The van der Waals surface area contributed by atoms with E-state index in [1.165, 1.54) is 19.3 Å². The predicted octanol–water partition coefficient (Wildman–Crippen LogP) is 4.12. The molecule has 4 atom stereocenters. The van der Waals surface area contributed by atoms with Crippen molar-refractivity contribution in [3.63, 3.8) is 0 Å². The number of rotatable bonds is 2. The first-order chi connectivity index (χ1) is 12.1. The van der Waals surface area contributed by atoms with E-state index in [2.05, 4.69) is 11.8 Å². The summed E-state index contributed by atoms with van der Waals surface area (Å²) in [6, 6.07) is 9.84. The largest absolute Gasteiger partial charge is 0.326 e. The van der Waals surface area contributed by atoms with Gasteiger partial charge in [-0.25, -0.2) is 0 Å². The number of thioether (sulfide) groups is 1. The van der Waals surface area contributed by atoms with Crippen LogP contribution < -0.4 is 0 Å². The third kappa shape index (κ3) is 1.66. The molecule has 6 rings (SSSR count). The Kier molecular flexibility index (Phi) is 3.26. The number of amides is 1. The van der Waals surface area contributed by atoms with Crippen molar-refractivity contribution in [2.75, 3.05) is 6.54 Å². The van der Waals surface area contributed by atoms with Crippen molar-refractivity contribution in [3.8, 4) is 0 Å². The molecule has 5 aliphatic rings. The van der Waals surface area contributed by atoms with Crippen LogP contribution in [-0.4, -0.2) is 27.3 Å². The maximum atomic E-state index is 13.7. The van der Waals surface area contributed by atoms with Crippen LogP contribution >= 0.6 is 11.8 Å². The Bertz CT molecular complexity index is 746. The van der Waals surface area contributed by atoms with Gasteiger partial charge in [-0.2, -0.15) is 0 Å². The minimum atomic E-state index is -0.938. The minimum absolute atomic E-state index is 0.0955. The molecule has 1 aromatic carbocycles. The number of hydrogen-bond acceptors (Lipinski definition) is 3. The van der Waals surface area contributed by atoms with Gasteiger partial charge >= 0.3 is 0 Å². The first kappa shape index (κ1) is 15.9. The van der Waals surface area contributed by atoms with Gasteiger partial charge in [0.25, 0.3) is 0 Å². The lowest BCUT2D eigenvalue weighted by molar-refractivity contribution is -0.176. The van der Waals surface area contributed by atoms with Gasteiger partial charge in [0, 0.05) is 12.0 Å². The van der Waals surface area contributed by atoms with Gasteiger partial charge in [0.1, 0.15) is 10.3 Å². The third-order valence-corrected chi connectivity index (χ3v) is 9.49. The van der Waals surface area contributed by atoms with Crippen LogP contribution in [0.5, 0.6) is 0 Å². The molecule has 4 heterocycles. The van der Waals surface area contributed by atoms with E-state index in [1.54, 1.807) is 11.8 Å². The van der Waals surface area contributed by atoms with Gasteiger partial charge in [-0.05, 0) is 50.0 Å². The summed E-state index contributed by atoms with van der Waals surface area (Å²) in [6.45, 7) is 3.09. The Morgan fingerprint density at radius 2 is 1.92 bits per heavy atom. The van der Waals surface area contributed by atoms with Crippen molar-refractivity contribution in [3.05, 3.63) is 35.9 Å². The lowest BCUT2D eigenvalue weighted by Gasteiger charge is -2.71. The van der Waals surface area contributed by atoms with Crippen LogP contribution in [-0.2, 0) is 15.0 Å². The topological polar surface area (TPSA) is 37.4 Å². The van der Waals surface area contributed by atoms with Gasteiger partial charge in [-0.3, -0.25) is 9.59 Å². The molecule has 4 aliphatic heterocycles. The Balaban J connectivity index is 1.73. The summed E-state index contributed by atoms with van der Waals surface area (Å²) in [5.41, 5.74) is 0.101. The van der Waals surface area contributed by atoms with E-state index < -0.39 is 5.41 Å². The number of nitrogens with zero attached hydrogens (tertiary/aromatic N) is 1. The fourth-order valence-corrected chi connectivity index (χ4v) is 8.52. The van der Waals surface area contributed by atoms with Gasteiger partial charge in [0.05, 0.1) is 0 Å². The zero-order valence-electron chi connectivity index (χ0n) is 14.8. The summed E-state index contributed by atoms with van der Waals surface area (Å²) in [5.74, 6) is 0.542. The van der Waals surface area contributed by atoms with Crippen LogP contribution in [0.4, 0.5) is 0 Å². The van der Waals surface area contributed by atoms with E-state index >= 15 is 0 Å². The van der Waals surface area contributed by atoms with E-state index in [4.69, 9.17) is 0 Å². The fourth-order valence-electron chi connectivity index (χ4n) is 6.56. The highest BCUT2D eigenvalue weighted by Gasteiger charge is 2.75. The summed E-state index contributed by atoms with van der Waals surface area (Å²) in [4.78, 5) is 29.1. The van der Waals surface area contributed by atoms with Crippen LogP contribution in [0.15, 0.2) is 30.3 Å². The number of fused-ring (bicyclic) bond motifs is 1. The molecule has 5 fully saturated rings. The normalized spacial score (nSPS) is 42.4. The second kappa shape index (κ2) is 5.12. The van der Waals surface area contributed by atoms with Crippen molar-refractivity contribution in [1.82, 2.24) is 4.90 Å². The molecule has 132 valence electrons. The molecule has 1 aliphatic carbocycles. The van der Waals surface area contributed by atoms with Gasteiger partial charge in [-0.1, -0.05) is 55.4 Å². The van der Waals surface area contributed by atoms with Crippen molar-refractivity contribution in [2.45, 2.75) is 62.2 Å². The Labute approximate surface area is 153 Å². The molecule has 1 spiro atoms. The molecular weight excluding hydrogens is 330 g/mol. The van der Waals surface area contributed by atoms with Crippen LogP contribution in [0.2, 0.25) is 0 Å². The molecule has 4 saturated heterocycles. The van der Waals surface area contributed by atoms with Crippen molar-refractivity contribution in [1.29, 1.82) is 0 Å².